The first-order valence-corrected chi connectivity index (χ1v) is 9.31. The summed E-state index contributed by atoms with van der Waals surface area (Å²) < 4.78 is 40.4. The van der Waals surface area contributed by atoms with E-state index in [-0.39, 0.29) is 10.6 Å². The van der Waals surface area contributed by atoms with Gasteiger partial charge in [-0.3, -0.25) is 10.1 Å². The number of ether oxygens (including phenoxy) is 3. The molecular weight excluding hydrogens is 390 g/mol. The zero-order valence-corrected chi connectivity index (χ0v) is 16.4. The lowest BCUT2D eigenvalue weighted by Gasteiger charge is -2.12. The minimum Gasteiger partial charge on any atom is -0.496 e. The molecule has 0 heterocycles. The van der Waals surface area contributed by atoms with Gasteiger partial charge >= 0.3 is 0 Å². The molecule has 10 nitrogen and oxygen atoms in total. The normalized spacial score (nSPS) is 11.3. The Morgan fingerprint density at radius 2 is 1.68 bits per heavy atom. The zero-order valence-electron chi connectivity index (χ0n) is 15.6. The van der Waals surface area contributed by atoms with Gasteiger partial charge in [-0.2, -0.15) is 13.5 Å². The van der Waals surface area contributed by atoms with E-state index in [0.29, 0.717) is 28.4 Å². The van der Waals surface area contributed by atoms with Crippen LogP contribution in [0.25, 0.3) is 0 Å². The maximum Gasteiger partial charge on any atom is 0.276 e. The number of hydrazone groups is 1. The minimum atomic E-state index is -4.11. The van der Waals surface area contributed by atoms with E-state index < -0.39 is 14.9 Å². The van der Waals surface area contributed by atoms with Gasteiger partial charge in [-0.25, -0.2) is 4.83 Å². The summed E-state index contributed by atoms with van der Waals surface area (Å²) in [6.45, 7) is 1.52. The first-order valence-electron chi connectivity index (χ1n) is 7.83. The molecule has 0 fully saturated rings. The van der Waals surface area contributed by atoms with E-state index >= 15 is 0 Å². The van der Waals surface area contributed by atoms with Crippen molar-refractivity contribution in [3.8, 4) is 17.2 Å². The fraction of sp³-hybridized carbons (Fsp3) is 0.235. The van der Waals surface area contributed by atoms with Gasteiger partial charge < -0.3 is 14.2 Å². The van der Waals surface area contributed by atoms with Gasteiger partial charge in [-0.15, -0.1) is 0 Å². The summed E-state index contributed by atoms with van der Waals surface area (Å²) in [5.41, 5.74) is 0.425. The van der Waals surface area contributed by atoms with Crippen LogP contribution in [0.4, 0.5) is 5.69 Å². The van der Waals surface area contributed by atoms with Gasteiger partial charge in [-0.1, -0.05) is 6.07 Å². The van der Waals surface area contributed by atoms with Crippen LogP contribution in [-0.4, -0.2) is 40.9 Å². The van der Waals surface area contributed by atoms with Crippen LogP contribution < -0.4 is 19.0 Å². The molecule has 2 aromatic rings. The van der Waals surface area contributed by atoms with Crippen LogP contribution in [0.2, 0.25) is 0 Å². The quantitative estimate of drug-likeness (QED) is 0.402. The number of aryl methyl sites for hydroxylation is 1. The van der Waals surface area contributed by atoms with Crippen molar-refractivity contribution in [2.45, 2.75) is 11.8 Å². The lowest BCUT2D eigenvalue weighted by molar-refractivity contribution is -0.385. The molecule has 0 spiro atoms. The van der Waals surface area contributed by atoms with Crippen molar-refractivity contribution in [3.63, 3.8) is 0 Å². The molecule has 2 rings (SSSR count). The lowest BCUT2D eigenvalue weighted by Crippen LogP contribution is -2.18. The van der Waals surface area contributed by atoms with Crippen LogP contribution in [-0.2, 0) is 10.0 Å². The second-order valence-electron chi connectivity index (χ2n) is 5.50. The molecule has 0 saturated carbocycles. The topological polar surface area (TPSA) is 129 Å². The molecule has 1 N–H and O–H groups in total. The van der Waals surface area contributed by atoms with Gasteiger partial charge in [0.1, 0.15) is 17.2 Å². The van der Waals surface area contributed by atoms with Crippen molar-refractivity contribution in [2.75, 3.05) is 21.3 Å². The Bertz CT molecular complexity index is 994. The maximum atomic E-state index is 12.4. The molecule has 0 aliphatic carbocycles. The second-order valence-corrected chi connectivity index (χ2v) is 7.16. The van der Waals surface area contributed by atoms with E-state index in [1.807, 2.05) is 4.83 Å². The maximum absolute atomic E-state index is 12.4. The number of rotatable bonds is 8. The molecule has 150 valence electrons. The third kappa shape index (κ3) is 4.49. The standard InChI is InChI=1S/C17H19N3O7S/c1-11-5-6-13(9-15(11)20(21)22)28(23,24)19-18-10-14-16(26-3)7-12(25-2)8-17(14)27-4/h5-10,19H,1-4H3/b18-10+. The largest absolute Gasteiger partial charge is 0.496 e. The molecule has 0 radical (unpaired) electrons. The average molecular weight is 409 g/mol. The third-order valence-corrected chi connectivity index (χ3v) is 5.03. The van der Waals surface area contributed by atoms with E-state index in [1.165, 1.54) is 46.6 Å². The summed E-state index contributed by atoms with van der Waals surface area (Å²) in [7, 11) is 0.233. The molecule has 28 heavy (non-hydrogen) atoms. The molecule has 0 amide bonds. The molecule has 0 atom stereocenters. The molecule has 0 bridgehead atoms. The monoisotopic (exact) mass is 409 g/mol. The van der Waals surface area contributed by atoms with Crippen molar-refractivity contribution in [1.29, 1.82) is 0 Å². The average Bonchev–Trinajstić information content (AvgIpc) is 2.67. The predicted octanol–water partition coefficient (Wildman–Crippen LogP) is 2.24. The number of nitro benzene ring substituents is 1. The number of hydrogen-bond acceptors (Lipinski definition) is 8. The molecule has 0 aliphatic heterocycles. The summed E-state index contributed by atoms with van der Waals surface area (Å²) in [4.78, 5) is 12.1. The Labute approximate surface area is 161 Å². The Morgan fingerprint density at radius 3 is 2.18 bits per heavy atom. The predicted molar refractivity (Wildman–Crippen MR) is 102 cm³/mol. The van der Waals surface area contributed by atoms with Crippen LogP contribution >= 0.6 is 0 Å². The van der Waals surface area contributed by atoms with E-state index in [2.05, 4.69) is 5.10 Å². The molecule has 11 heteroatoms. The van der Waals surface area contributed by atoms with E-state index in [9.17, 15) is 18.5 Å². The summed E-state index contributed by atoms with van der Waals surface area (Å²) in [5, 5.41) is 14.7. The molecule has 0 saturated heterocycles. The first-order chi connectivity index (χ1) is 13.2. The van der Waals surface area contributed by atoms with Crippen molar-refractivity contribution in [1.82, 2.24) is 4.83 Å². The number of methoxy groups -OCH3 is 3. The van der Waals surface area contributed by atoms with Crippen LogP contribution in [0.3, 0.4) is 0 Å². The summed E-state index contributed by atoms with van der Waals surface area (Å²) in [6, 6.07) is 6.76. The Balaban J connectivity index is 2.34. The van der Waals surface area contributed by atoms with Gasteiger partial charge in [-0.05, 0) is 13.0 Å². The first kappa shape index (κ1) is 21.0. The summed E-state index contributed by atoms with van der Waals surface area (Å²) >= 11 is 0. The van der Waals surface area contributed by atoms with Crippen LogP contribution in [0.15, 0.2) is 40.3 Å². The van der Waals surface area contributed by atoms with Crippen LogP contribution in [0, 0.1) is 17.0 Å². The van der Waals surface area contributed by atoms with Crippen molar-refractivity contribution >= 4 is 21.9 Å². The molecule has 0 unspecified atom stereocenters. The number of nitro groups is 1. The zero-order chi connectivity index (χ0) is 20.9. The highest BCUT2D eigenvalue weighted by Gasteiger charge is 2.19. The fourth-order valence-corrected chi connectivity index (χ4v) is 3.14. The van der Waals surface area contributed by atoms with Crippen LogP contribution in [0.1, 0.15) is 11.1 Å². The molecule has 2 aromatic carbocycles. The number of hydrogen-bond donors (Lipinski definition) is 1. The van der Waals surface area contributed by atoms with Gasteiger partial charge in [0.25, 0.3) is 15.7 Å². The Hall–Kier alpha value is -3.34. The molecule has 0 aliphatic rings. The van der Waals surface area contributed by atoms with Gasteiger partial charge in [0.05, 0.1) is 42.9 Å². The smallest absolute Gasteiger partial charge is 0.276 e. The lowest BCUT2D eigenvalue weighted by atomic mass is 10.2. The van der Waals surface area contributed by atoms with Crippen molar-refractivity contribution < 1.29 is 27.6 Å². The highest BCUT2D eigenvalue weighted by Crippen LogP contribution is 2.32. The van der Waals surface area contributed by atoms with E-state index in [1.54, 1.807) is 12.1 Å². The summed E-state index contributed by atoms with van der Waals surface area (Å²) in [6.07, 6.45) is 1.21. The van der Waals surface area contributed by atoms with Crippen LogP contribution in [0.5, 0.6) is 17.2 Å². The minimum absolute atomic E-state index is 0.282. The Kier molecular flexibility index (Phi) is 6.41. The van der Waals surface area contributed by atoms with Gasteiger partial charge in [0.2, 0.25) is 0 Å². The van der Waals surface area contributed by atoms with Gasteiger partial charge in [0, 0.05) is 23.8 Å². The summed E-state index contributed by atoms with van der Waals surface area (Å²) in [5.74, 6) is 1.19. The highest BCUT2D eigenvalue weighted by atomic mass is 32.2. The SMILES string of the molecule is COc1cc(OC)c(/C=N/NS(=O)(=O)c2ccc(C)c([N+](=O)[O-])c2)c(OC)c1. The Morgan fingerprint density at radius 1 is 1.07 bits per heavy atom. The second kappa shape index (κ2) is 8.57. The highest BCUT2D eigenvalue weighted by molar-refractivity contribution is 7.89. The third-order valence-electron chi connectivity index (χ3n) is 3.81. The van der Waals surface area contributed by atoms with E-state index in [0.717, 1.165) is 6.07 Å². The molecular formula is C17H19N3O7S. The van der Waals surface area contributed by atoms with Crippen molar-refractivity contribution in [3.05, 3.63) is 51.6 Å². The van der Waals surface area contributed by atoms with E-state index in [4.69, 9.17) is 14.2 Å². The van der Waals surface area contributed by atoms with Gasteiger partial charge in [0.15, 0.2) is 0 Å². The number of nitrogens with zero attached hydrogens (tertiary/aromatic N) is 2. The molecule has 0 aromatic heterocycles. The fourth-order valence-electron chi connectivity index (χ4n) is 2.33. The van der Waals surface area contributed by atoms with Crippen molar-refractivity contribution in [2.24, 2.45) is 5.10 Å². The number of benzene rings is 2. The number of nitrogens with one attached hydrogen (secondary N) is 1. The number of sulfonamides is 1.